The number of halogens is 8. The van der Waals surface area contributed by atoms with Gasteiger partial charge in [0.05, 0.1) is 27.8 Å². The molecule has 22 heavy (non-hydrogen) atoms. The van der Waals surface area contributed by atoms with Crippen molar-refractivity contribution in [2.45, 2.75) is 12.4 Å². The van der Waals surface area contributed by atoms with Crippen LogP contribution in [0.25, 0.3) is 0 Å². The molecular formula is C11H7Cl2F6N3. The van der Waals surface area contributed by atoms with E-state index < -0.39 is 39.3 Å². The quantitative estimate of drug-likeness (QED) is 0.592. The summed E-state index contributed by atoms with van der Waals surface area (Å²) in [6, 6.07) is 0.978. The number of nitrogens with two attached hydrogens (primary N) is 1. The highest BCUT2D eigenvalue weighted by molar-refractivity contribution is 6.39. The van der Waals surface area contributed by atoms with Gasteiger partial charge in [-0.25, -0.2) is 5.84 Å². The van der Waals surface area contributed by atoms with Crippen molar-refractivity contribution in [1.29, 1.82) is 0 Å². The van der Waals surface area contributed by atoms with Crippen LogP contribution in [0.15, 0.2) is 23.9 Å². The summed E-state index contributed by atoms with van der Waals surface area (Å²) in [6.07, 6.45) is -8.74. The van der Waals surface area contributed by atoms with Gasteiger partial charge in [0.15, 0.2) is 0 Å². The Kier molecular flexibility index (Phi) is 4.29. The second-order valence-corrected chi connectivity index (χ2v) is 5.12. The first kappa shape index (κ1) is 17.2. The number of alkyl halides is 6. The van der Waals surface area contributed by atoms with Gasteiger partial charge in [0, 0.05) is 0 Å². The molecule has 0 atom stereocenters. The maximum atomic E-state index is 12.9. The minimum atomic E-state index is -4.77. The maximum absolute atomic E-state index is 12.9. The number of hydrazine groups is 2. The highest BCUT2D eigenvalue weighted by Crippen LogP contribution is 2.44. The fourth-order valence-electron chi connectivity index (χ4n) is 1.90. The molecule has 1 aliphatic heterocycles. The highest BCUT2D eigenvalue weighted by Gasteiger charge is 2.44. The van der Waals surface area contributed by atoms with E-state index in [1.54, 1.807) is 0 Å². The zero-order chi connectivity index (χ0) is 16.9. The SMILES string of the molecule is NN1CC=C(C(F)(F)F)N1c1c(Cl)cc(C(F)(F)F)cc1Cl. The first-order valence-electron chi connectivity index (χ1n) is 5.59. The predicted octanol–water partition coefficient (Wildman–Crippen LogP) is 4.37. The maximum Gasteiger partial charge on any atom is 0.432 e. The van der Waals surface area contributed by atoms with E-state index in [-0.39, 0.29) is 6.54 Å². The number of hydrogen-bond donors (Lipinski definition) is 1. The molecule has 0 saturated heterocycles. The minimum absolute atomic E-state index is 0.303. The summed E-state index contributed by atoms with van der Waals surface area (Å²) < 4.78 is 76.8. The summed E-state index contributed by atoms with van der Waals surface area (Å²) in [5.41, 5.74) is -2.83. The van der Waals surface area contributed by atoms with Crippen molar-refractivity contribution in [3.8, 4) is 0 Å². The molecule has 1 heterocycles. The van der Waals surface area contributed by atoms with Gasteiger partial charge < -0.3 is 0 Å². The molecule has 0 saturated carbocycles. The van der Waals surface area contributed by atoms with Crippen molar-refractivity contribution in [3.05, 3.63) is 39.5 Å². The van der Waals surface area contributed by atoms with Crippen LogP contribution in [0, 0.1) is 0 Å². The lowest BCUT2D eigenvalue weighted by atomic mass is 10.2. The summed E-state index contributed by atoms with van der Waals surface area (Å²) >= 11 is 11.4. The van der Waals surface area contributed by atoms with Crippen LogP contribution in [0.3, 0.4) is 0 Å². The molecule has 1 aromatic carbocycles. The van der Waals surface area contributed by atoms with Gasteiger partial charge in [0.2, 0.25) is 0 Å². The van der Waals surface area contributed by atoms with E-state index >= 15 is 0 Å². The van der Waals surface area contributed by atoms with Crippen LogP contribution in [0.1, 0.15) is 5.56 Å². The van der Waals surface area contributed by atoms with Crippen molar-refractivity contribution in [2.75, 3.05) is 11.6 Å². The largest absolute Gasteiger partial charge is 0.432 e. The molecule has 2 N–H and O–H groups in total. The molecule has 0 radical (unpaired) electrons. The van der Waals surface area contributed by atoms with Gasteiger partial charge in [-0.3, -0.25) is 5.01 Å². The molecule has 0 spiro atoms. The minimum Gasteiger partial charge on any atom is -0.253 e. The molecule has 0 aliphatic carbocycles. The summed E-state index contributed by atoms with van der Waals surface area (Å²) in [6.45, 7) is -0.303. The number of allylic oxidation sites excluding steroid dienone is 1. The molecule has 0 aromatic heterocycles. The Morgan fingerprint density at radius 1 is 0.955 bits per heavy atom. The zero-order valence-corrected chi connectivity index (χ0v) is 11.9. The van der Waals surface area contributed by atoms with Crippen LogP contribution in [0.5, 0.6) is 0 Å². The van der Waals surface area contributed by atoms with Crippen LogP contribution >= 0.6 is 23.2 Å². The van der Waals surface area contributed by atoms with Crippen molar-refractivity contribution >= 4 is 28.9 Å². The Labute approximate surface area is 130 Å². The molecule has 0 amide bonds. The van der Waals surface area contributed by atoms with Gasteiger partial charge >= 0.3 is 12.4 Å². The van der Waals surface area contributed by atoms with E-state index in [1.807, 2.05) is 0 Å². The molecule has 0 unspecified atom stereocenters. The second kappa shape index (κ2) is 5.48. The molecule has 0 bridgehead atoms. The smallest absolute Gasteiger partial charge is 0.253 e. The lowest BCUT2D eigenvalue weighted by molar-refractivity contribution is -0.137. The summed E-state index contributed by atoms with van der Waals surface area (Å²) in [4.78, 5) is 0. The van der Waals surface area contributed by atoms with E-state index in [2.05, 4.69) is 0 Å². The molecule has 3 nitrogen and oxygen atoms in total. The molecule has 1 aromatic rings. The molecule has 11 heteroatoms. The Morgan fingerprint density at radius 2 is 1.45 bits per heavy atom. The third-order valence-electron chi connectivity index (χ3n) is 2.80. The van der Waals surface area contributed by atoms with Crippen LogP contribution in [-0.2, 0) is 6.18 Å². The van der Waals surface area contributed by atoms with E-state index in [4.69, 9.17) is 29.0 Å². The summed E-state index contributed by atoms with van der Waals surface area (Å²) in [5.74, 6) is 5.43. The van der Waals surface area contributed by atoms with E-state index in [0.29, 0.717) is 22.3 Å². The number of rotatable bonds is 1. The van der Waals surface area contributed by atoms with Crippen LogP contribution in [0.2, 0.25) is 10.0 Å². The van der Waals surface area contributed by atoms with E-state index in [9.17, 15) is 26.3 Å². The Bertz CT molecular complexity index is 602. The van der Waals surface area contributed by atoms with E-state index in [0.717, 1.165) is 6.08 Å². The third kappa shape index (κ3) is 3.12. The van der Waals surface area contributed by atoms with Crippen molar-refractivity contribution in [3.63, 3.8) is 0 Å². The van der Waals surface area contributed by atoms with Crippen molar-refractivity contribution in [1.82, 2.24) is 5.12 Å². The highest BCUT2D eigenvalue weighted by atomic mass is 35.5. The first-order chi connectivity index (χ1) is 9.93. The monoisotopic (exact) mass is 365 g/mol. The van der Waals surface area contributed by atoms with Crippen LogP contribution < -0.4 is 10.9 Å². The van der Waals surface area contributed by atoms with Gasteiger partial charge in [-0.05, 0) is 18.2 Å². The molecule has 2 rings (SSSR count). The lowest BCUT2D eigenvalue weighted by Gasteiger charge is -2.31. The number of nitrogens with zero attached hydrogens (tertiary/aromatic N) is 2. The van der Waals surface area contributed by atoms with Gasteiger partial charge in [-0.1, -0.05) is 23.2 Å². The predicted molar refractivity (Wildman–Crippen MR) is 69.0 cm³/mol. The number of benzene rings is 1. The lowest BCUT2D eigenvalue weighted by Crippen LogP contribution is -2.45. The summed E-state index contributed by atoms with van der Waals surface area (Å²) in [7, 11) is 0. The van der Waals surface area contributed by atoms with Gasteiger partial charge in [-0.15, -0.1) is 0 Å². The Balaban J connectivity index is 2.55. The number of hydrogen-bond acceptors (Lipinski definition) is 3. The Morgan fingerprint density at radius 3 is 1.86 bits per heavy atom. The van der Waals surface area contributed by atoms with Crippen molar-refractivity contribution < 1.29 is 26.3 Å². The standard InChI is InChI=1S/C11H7Cl2F6N3/c12-6-3-5(10(14,15)16)4-7(13)9(6)22-8(11(17,18)19)1-2-21(22)20/h1,3-4H,2,20H2. The fourth-order valence-corrected chi connectivity index (χ4v) is 2.55. The first-order valence-corrected chi connectivity index (χ1v) is 6.34. The zero-order valence-electron chi connectivity index (χ0n) is 10.4. The van der Waals surface area contributed by atoms with E-state index in [1.165, 1.54) is 0 Å². The third-order valence-corrected chi connectivity index (χ3v) is 3.38. The van der Waals surface area contributed by atoms with Crippen LogP contribution in [0.4, 0.5) is 32.0 Å². The molecule has 0 fully saturated rings. The van der Waals surface area contributed by atoms with Gasteiger partial charge in [-0.2, -0.15) is 31.5 Å². The average molecular weight is 366 g/mol. The second-order valence-electron chi connectivity index (χ2n) is 4.31. The number of anilines is 1. The van der Waals surface area contributed by atoms with Gasteiger partial charge in [0.1, 0.15) is 5.70 Å². The summed E-state index contributed by atoms with van der Waals surface area (Å²) in [5, 5.41) is -0.131. The molecule has 1 aliphatic rings. The topological polar surface area (TPSA) is 32.5 Å². The Hall–Kier alpha value is -1.16. The normalized spacial score (nSPS) is 17.1. The van der Waals surface area contributed by atoms with Crippen LogP contribution in [-0.4, -0.2) is 17.8 Å². The molecular weight excluding hydrogens is 359 g/mol. The van der Waals surface area contributed by atoms with Gasteiger partial charge in [0.25, 0.3) is 0 Å². The fraction of sp³-hybridized carbons (Fsp3) is 0.273. The average Bonchev–Trinajstić information content (AvgIpc) is 2.69. The van der Waals surface area contributed by atoms with Crippen molar-refractivity contribution in [2.24, 2.45) is 5.84 Å². The molecule has 122 valence electrons.